The van der Waals surface area contributed by atoms with Crippen molar-refractivity contribution < 1.29 is 19.4 Å². The third-order valence-electron chi connectivity index (χ3n) is 2.65. The van der Waals surface area contributed by atoms with Crippen LogP contribution in [-0.4, -0.2) is 22.7 Å². The Hall–Kier alpha value is -2.84. The van der Waals surface area contributed by atoms with Crippen LogP contribution in [0.15, 0.2) is 42.5 Å². The Morgan fingerprint density at radius 1 is 1.19 bits per heavy atom. The lowest BCUT2D eigenvalue weighted by Gasteiger charge is -2.06. The molecule has 1 amide bonds. The molecule has 106 valence electrons. The highest BCUT2D eigenvalue weighted by Crippen LogP contribution is 2.17. The van der Waals surface area contributed by atoms with Crippen molar-refractivity contribution in [1.29, 1.82) is 0 Å². The van der Waals surface area contributed by atoms with Crippen LogP contribution in [0.2, 0.25) is 0 Å². The zero-order valence-electron chi connectivity index (χ0n) is 10.9. The molecule has 0 bridgehead atoms. The monoisotopic (exact) mass is 285 g/mol. The second kappa shape index (κ2) is 6.55. The first-order chi connectivity index (χ1) is 10.1. The summed E-state index contributed by atoms with van der Waals surface area (Å²) in [4.78, 5) is 11.9. The molecular formula is C16H12FNO3. The Bertz CT molecular complexity index is 715. The fraction of sp³-hybridized carbons (Fsp3) is 0.0625. The lowest BCUT2D eigenvalue weighted by molar-refractivity contribution is 0.102. The number of benzene rings is 2. The Morgan fingerprint density at radius 3 is 2.52 bits per heavy atom. The standard InChI is InChI=1S/C16H12FNO3/c17-15-10-13(20)7-8-14(15)16(21)18-12-5-3-11(4-6-12)2-1-9-19/h3-8,10,19-20H,9H2,(H,18,21). The first-order valence-corrected chi connectivity index (χ1v) is 6.10. The van der Waals surface area contributed by atoms with Gasteiger partial charge < -0.3 is 15.5 Å². The van der Waals surface area contributed by atoms with Gasteiger partial charge in [0.05, 0.1) is 5.56 Å². The van der Waals surface area contributed by atoms with E-state index in [-0.39, 0.29) is 17.9 Å². The van der Waals surface area contributed by atoms with Crippen molar-refractivity contribution in [3.05, 3.63) is 59.4 Å². The Morgan fingerprint density at radius 2 is 1.90 bits per heavy atom. The highest BCUT2D eigenvalue weighted by molar-refractivity contribution is 6.04. The number of phenolic OH excluding ortho intramolecular Hbond substituents is 1. The van der Waals surface area contributed by atoms with Gasteiger partial charge in [-0.1, -0.05) is 11.8 Å². The molecule has 21 heavy (non-hydrogen) atoms. The molecule has 2 rings (SSSR count). The molecule has 0 saturated heterocycles. The lowest BCUT2D eigenvalue weighted by Crippen LogP contribution is -2.13. The fourth-order valence-corrected chi connectivity index (χ4v) is 1.67. The van der Waals surface area contributed by atoms with Gasteiger partial charge in [0.1, 0.15) is 18.2 Å². The summed E-state index contributed by atoms with van der Waals surface area (Å²) in [6.45, 7) is -0.224. The van der Waals surface area contributed by atoms with E-state index < -0.39 is 11.7 Å². The van der Waals surface area contributed by atoms with Gasteiger partial charge in [0, 0.05) is 17.3 Å². The molecule has 0 aliphatic rings. The Kier molecular flexibility index (Phi) is 4.54. The molecule has 4 nitrogen and oxygen atoms in total. The molecule has 3 N–H and O–H groups in total. The number of rotatable bonds is 2. The molecule has 0 aromatic heterocycles. The first kappa shape index (κ1) is 14.6. The normalized spacial score (nSPS) is 9.62. The van der Waals surface area contributed by atoms with Crippen LogP contribution < -0.4 is 5.32 Å². The number of aliphatic hydroxyl groups excluding tert-OH is 1. The van der Waals surface area contributed by atoms with Crippen molar-refractivity contribution in [1.82, 2.24) is 0 Å². The van der Waals surface area contributed by atoms with E-state index in [0.29, 0.717) is 11.3 Å². The van der Waals surface area contributed by atoms with Crippen LogP contribution in [0.5, 0.6) is 5.75 Å². The average molecular weight is 285 g/mol. The van der Waals surface area contributed by atoms with E-state index in [9.17, 15) is 9.18 Å². The number of carbonyl (C=O) groups excluding carboxylic acids is 1. The topological polar surface area (TPSA) is 69.6 Å². The molecule has 5 heteroatoms. The molecule has 2 aromatic carbocycles. The highest BCUT2D eigenvalue weighted by Gasteiger charge is 2.12. The van der Waals surface area contributed by atoms with Gasteiger partial charge in [-0.2, -0.15) is 0 Å². The van der Waals surface area contributed by atoms with E-state index in [2.05, 4.69) is 17.2 Å². The van der Waals surface area contributed by atoms with Crippen molar-refractivity contribution >= 4 is 11.6 Å². The van der Waals surface area contributed by atoms with Crippen LogP contribution >= 0.6 is 0 Å². The van der Waals surface area contributed by atoms with Crippen LogP contribution in [0.25, 0.3) is 0 Å². The summed E-state index contributed by atoms with van der Waals surface area (Å²) in [6.07, 6.45) is 0. The van der Waals surface area contributed by atoms with E-state index in [1.165, 1.54) is 12.1 Å². The molecule has 0 fully saturated rings. The lowest BCUT2D eigenvalue weighted by atomic mass is 10.1. The fourth-order valence-electron chi connectivity index (χ4n) is 1.67. The number of phenols is 1. The summed E-state index contributed by atoms with van der Waals surface area (Å²) < 4.78 is 13.5. The minimum Gasteiger partial charge on any atom is -0.508 e. The SMILES string of the molecule is O=C(Nc1ccc(C#CCO)cc1)c1ccc(O)cc1F. The van der Waals surface area contributed by atoms with Gasteiger partial charge in [-0.25, -0.2) is 4.39 Å². The smallest absolute Gasteiger partial charge is 0.258 e. The molecule has 0 spiro atoms. The van der Waals surface area contributed by atoms with Gasteiger partial charge in [0.15, 0.2) is 0 Å². The molecule has 0 saturated carbocycles. The van der Waals surface area contributed by atoms with Crippen LogP contribution in [0, 0.1) is 17.7 Å². The van der Waals surface area contributed by atoms with Gasteiger partial charge in [0.2, 0.25) is 0 Å². The van der Waals surface area contributed by atoms with Gasteiger partial charge in [0.25, 0.3) is 5.91 Å². The largest absolute Gasteiger partial charge is 0.508 e. The number of hydrogen-bond acceptors (Lipinski definition) is 3. The van der Waals surface area contributed by atoms with Crippen molar-refractivity contribution in [2.75, 3.05) is 11.9 Å². The molecule has 0 aliphatic heterocycles. The van der Waals surface area contributed by atoms with E-state index in [0.717, 1.165) is 6.07 Å². The third kappa shape index (κ3) is 3.81. The summed E-state index contributed by atoms with van der Waals surface area (Å²) in [6, 6.07) is 9.92. The summed E-state index contributed by atoms with van der Waals surface area (Å²) in [5.41, 5.74) is 1.02. The van der Waals surface area contributed by atoms with Crippen LogP contribution in [0.4, 0.5) is 10.1 Å². The first-order valence-electron chi connectivity index (χ1n) is 6.10. The molecule has 0 atom stereocenters. The number of aliphatic hydroxyl groups is 1. The van der Waals surface area contributed by atoms with Gasteiger partial charge in [-0.3, -0.25) is 4.79 Å². The number of carbonyl (C=O) groups is 1. The van der Waals surface area contributed by atoms with Crippen LogP contribution in [-0.2, 0) is 0 Å². The maximum absolute atomic E-state index is 13.5. The van der Waals surface area contributed by atoms with E-state index in [4.69, 9.17) is 10.2 Å². The number of nitrogens with one attached hydrogen (secondary N) is 1. The maximum Gasteiger partial charge on any atom is 0.258 e. The van der Waals surface area contributed by atoms with Crippen molar-refractivity contribution in [2.45, 2.75) is 0 Å². The zero-order chi connectivity index (χ0) is 15.2. The van der Waals surface area contributed by atoms with Crippen LogP contribution in [0.3, 0.4) is 0 Å². The van der Waals surface area contributed by atoms with Crippen LogP contribution in [0.1, 0.15) is 15.9 Å². The number of amides is 1. The molecular weight excluding hydrogens is 273 g/mol. The van der Waals surface area contributed by atoms with Gasteiger partial charge in [-0.15, -0.1) is 0 Å². The van der Waals surface area contributed by atoms with Gasteiger partial charge >= 0.3 is 0 Å². The second-order valence-electron chi connectivity index (χ2n) is 4.16. The zero-order valence-corrected chi connectivity index (χ0v) is 10.9. The minimum absolute atomic E-state index is 0.156. The van der Waals surface area contributed by atoms with Crippen molar-refractivity contribution in [3.8, 4) is 17.6 Å². The average Bonchev–Trinajstić information content (AvgIpc) is 2.46. The summed E-state index contributed by atoms with van der Waals surface area (Å²) >= 11 is 0. The summed E-state index contributed by atoms with van der Waals surface area (Å²) in [5.74, 6) is 3.59. The number of halogens is 1. The minimum atomic E-state index is -0.794. The molecule has 0 aliphatic carbocycles. The third-order valence-corrected chi connectivity index (χ3v) is 2.65. The Labute approximate surface area is 120 Å². The summed E-state index contributed by atoms with van der Waals surface area (Å²) in [7, 11) is 0. The predicted octanol–water partition coefficient (Wildman–Crippen LogP) is 2.13. The maximum atomic E-state index is 13.5. The molecule has 0 unspecified atom stereocenters. The molecule has 0 radical (unpaired) electrons. The van der Waals surface area contributed by atoms with Gasteiger partial charge in [-0.05, 0) is 36.4 Å². The van der Waals surface area contributed by atoms with E-state index in [1.807, 2.05) is 0 Å². The Balaban J connectivity index is 2.12. The second-order valence-corrected chi connectivity index (χ2v) is 4.16. The number of anilines is 1. The van der Waals surface area contributed by atoms with E-state index >= 15 is 0 Å². The summed E-state index contributed by atoms with van der Waals surface area (Å²) in [5, 5.41) is 20.2. The molecule has 0 heterocycles. The number of hydrogen-bond donors (Lipinski definition) is 3. The van der Waals surface area contributed by atoms with Crippen molar-refractivity contribution in [3.63, 3.8) is 0 Å². The highest BCUT2D eigenvalue weighted by atomic mass is 19.1. The number of aromatic hydroxyl groups is 1. The van der Waals surface area contributed by atoms with Crippen molar-refractivity contribution in [2.24, 2.45) is 0 Å². The molecule has 2 aromatic rings. The predicted molar refractivity (Wildman–Crippen MR) is 76.4 cm³/mol. The van der Waals surface area contributed by atoms with E-state index in [1.54, 1.807) is 24.3 Å². The quantitative estimate of drug-likeness (QED) is 0.740.